The Bertz CT molecular complexity index is 53.5. The van der Waals surface area contributed by atoms with Crippen LogP contribution in [0.3, 0.4) is 0 Å². The van der Waals surface area contributed by atoms with Crippen LogP contribution in [-0.4, -0.2) is 0 Å². The molecule has 0 amide bonds. The van der Waals surface area contributed by atoms with Crippen LogP contribution < -0.4 is 42.0 Å². The largest absolute Gasteiger partial charge is 1.00 e. The van der Waals surface area contributed by atoms with E-state index in [0.717, 1.165) is 0 Å². The summed E-state index contributed by atoms with van der Waals surface area (Å²) in [5.74, 6) is 0. The van der Waals surface area contributed by atoms with Gasteiger partial charge < -0.3 is 12.4 Å². The summed E-state index contributed by atoms with van der Waals surface area (Å²) in [6.45, 7) is 0. The zero-order chi connectivity index (χ0) is 4.24. The van der Waals surface area contributed by atoms with Gasteiger partial charge >= 0.3 is 29.6 Å². The molecule has 0 bridgehead atoms. The second-order valence-electron chi connectivity index (χ2n) is 1.76. The molecule has 8 heavy (non-hydrogen) atoms. The van der Waals surface area contributed by atoms with E-state index in [4.69, 9.17) is 0 Å². The van der Waals surface area contributed by atoms with Crippen molar-refractivity contribution in [3.8, 4) is 0 Å². The van der Waals surface area contributed by atoms with Crippen LogP contribution in [0.4, 0.5) is 0 Å². The van der Waals surface area contributed by atoms with Gasteiger partial charge in [0.15, 0.2) is 0 Å². The Labute approximate surface area is 79.4 Å². The molecule has 2 heteroatoms. The van der Waals surface area contributed by atoms with Crippen LogP contribution in [0.25, 0.3) is 0 Å². The first-order chi connectivity index (χ1) is 3.00. The summed E-state index contributed by atoms with van der Waals surface area (Å²) < 4.78 is 0. The van der Waals surface area contributed by atoms with E-state index in [1.165, 1.54) is 25.7 Å². The quantitative estimate of drug-likeness (QED) is 0.239. The second kappa shape index (κ2) is 8.03. The van der Waals surface area contributed by atoms with E-state index in [-0.39, 0.29) is 42.0 Å². The minimum Gasteiger partial charge on any atom is -1.00 e. The SMILES string of the molecule is C1=CCCCC1.[Cl-].[Na+]. The van der Waals surface area contributed by atoms with Crippen molar-refractivity contribution in [3.05, 3.63) is 12.2 Å². The average Bonchev–Trinajstić information content (AvgIpc) is 1.72. The van der Waals surface area contributed by atoms with E-state index in [1.54, 1.807) is 0 Å². The van der Waals surface area contributed by atoms with E-state index in [2.05, 4.69) is 12.2 Å². The van der Waals surface area contributed by atoms with Crippen LogP contribution in [0.5, 0.6) is 0 Å². The van der Waals surface area contributed by atoms with Crippen LogP contribution in [0, 0.1) is 0 Å². The van der Waals surface area contributed by atoms with Gasteiger partial charge in [-0.05, 0) is 25.7 Å². The number of halogens is 1. The smallest absolute Gasteiger partial charge is 1.00 e. The van der Waals surface area contributed by atoms with Gasteiger partial charge in [0.1, 0.15) is 0 Å². The molecule has 1 aliphatic rings. The van der Waals surface area contributed by atoms with Crippen molar-refractivity contribution in [1.29, 1.82) is 0 Å². The molecule has 1 aliphatic carbocycles. The predicted molar refractivity (Wildman–Crippen MR) is 27.6 cm³/mol. The minimum absolute atomic E-state index is 0. The molecule has 0 radical (unpaired) electrons. The monoisotopic (exact) mass is 140 g/mol. The topological polar surface area (TPSA) is 0 Å². The summed E-state index contributed by atoms with van der Waals surface area (Å²) in [5.41, 5.74) is 0. The Morgan fingerprint density at radius 2 is 1.25 bits per heavy atom. The third-order valence-electron chi connectivity index (χ3n) is 1.16. The average molecular weight is 141 g/mol. The van der Waals surface area contributed by atoms with Crippen LogP contribution in [0.15, 0.2) is 12.2 Å². The van der Waals surface area contributed by atoms with Crippen LogP contribution in [0.1, 0.15) is 25.7 Å². The van der Waals surface area contributed by atoms with Crippen molar-refractivity contribution in [3.63, 3.8) is 0 Å². The number of rotatable bonds is 0. The van der Waals surface area contributed by atoms with Crippen molar-refractivity contribution >= 4 is 0 Å². The molecule has 0 unspecified atom stereocenters. The van der Waals surface area contributed by atoms with Crippen molar-refractivity contribution < 1.29 is 42.0 Å². The maximum absolute atomic E-state index is 2.27. The third-order valence-corrected chi connectivity index (χ3v) is 1.16. The second-order valence-corrected chi connectivity index (χ2v) is 1.76. The van der Waals surface area contributed by atoms with Crippen molar-refractivity contribution in [2.75, 3.05) is 0 Å². The molecule has 0 aromatic carbocycles. The van der Waals surface area contributed by atoms with Gasteiger partial charge in [-0.3, -0.25) is 0 Å². The summed E-state index contributed by atoms with van der Waals surface area (Å²) in [6, 6.07) is 0. The standard InChI is InChI=1S/C6H10.ClH.Na/c1-2-4-6-5-3-1;;/h1-2H,3-6H2;1H;/q;;+1/p-1. The molecule has 0 saturated heterocycles. The third kappa shape index (κ3) is 5.17. The fourth-order valence-corrected chi connectivity index (χ4v) is 0.760. The maximum atomic E-state index is 2.27. The summed E-state index contributed by atoms with van der Waals surface area (Å²) in [4.78, 5) is 0. The van der Waals surface area contributed by atoms with Gasteiger partial charge in [-0.1, -0.05) is 12.2 Å². The van der Waals surface area contributed by atoms with Gasteiger partial charge in [-0.25, -0.2) is 0 Å². The Balaban J connectivity index is 0. The van der Waals surface area contributed by atoms with E-state index in [9.17, 15) is 0 Å². The van der Waals surface area contributed by atoms with E-state index >= 15 is 0 Å². The summed E-state index contributed by atoms with van der Waals surface area (Å²) in [5, 5.41) is 0. The van der Waals surface area contributed by atoms with E-state index in [0.29, 0.717) is 0 Å². The molecule has 0 aromatic heterocycles. The molecular weight excluding hydrogens is 131 g/mol. The van der Waals surface area contributed by atoms with E-state index < -0.39 is 0 Å². The summed E-state index contributed by atoms with van der Waals surface area (Å²) in [6.07, 6.45) is 10.0. The molecule has 0 nitrogen and oxygen atoms in total. The first kappa shape index (κ1) is 11.8. The normalized spacial score (nSPS) is 16.0. The Morgan fingerprint density at radius 3 is 1.38 bits per heavy atom. The molecule has 0 aliphatic heterocycles. The van der Waals surface area contributed by atoms with Gasteiger partial charge in [0, 0.05) is 0 Å². The van der Waals surface area contributed by atoms with Crippen LogP contribution >= 0.6 is 0 Å². The molecular formula is C6H10ClNa. The number of hydrogen-bond donors (Lipinski definition) is 0. The fraction of sp³-hybridized carbons (Fsp3) is 0.667. The first-order valence-electron chi connectivity index (χ1n) is 2.65. The fourth-order valence-electron chi connectivity index (χ4n) is 0.760. The Hall–Kier alpha value is 1.03. The van der Waals surface area contributed by atoms with Crippen molar-refractivity contribution in [2.45, 2.75) is 25.7 Å². The summed E-state index contributed by atoms with van der Waals surface area (Å²) in [7, 11) is 0. The Morgan fingerprint density at radius 1 is 0.875 bits per heavy atom. The van der Waals surface area contributed by atoms with Crippen molar-refractivity contribution in [2.24, 2.45) is 0 Å². The molecule has 0 fully saturated rings. The van der Waals surface area contributed by atoms with Gasteiger partial charge in [0.2, 0.25) is 0 Å². The molecule has 0 atom stereocenters. The maximum Gasteiger partial charge on any atom is 1.00 e. The first-order valence-corrected chi connectivity index (χ1v) is 2.65. The zero-order valence-corrected chi connectivity index (χ0v) is 8.12. The molecule has 0 heterocycles. The predicted octanol–water partition coefficient (Wildman–Crippen LogP) is -3.88. The molecule has 0 spiro atoms. The Kier molecular flexibility index (Phi) is 11.8. The van der Waals surface area contributed by atoms with Crippen LogP contribution in [-0.2, 0) is 0 Å². The molecule has 0 saturated carbocycles. The van der Waals surface area contributed by atoms with Gasteiger partial charge in [0.05, 0.1) is 0 Å². The van der Waals surface area contributed by atoms with Crippen molar-refractivity contribution in [1.82, 2.24) is 0 Å². The van der Waals surface area contributed by atoms with E-state index in [1.807, 2.05) is 0 Å². The number of allylic oxidation sites excluding steroid dienone is 2. The van der Waals surface area contributed by atoms with Gasteiger partial charge in [-0.15, -0.1) is 0 Å². The number of hydrogen-bond acceptors (Lipinski definition) is 0. The molecule has 0 N–H and O–H groups in total. The molecule has 0 aromatic rings. The summed E-state index contributed by atoms with van der Waals surface area (Å²) >= 11 is 0. The zero-order valence-electron chi connectivity index (χ0n) is 5.36. The molecule has 1 rings (SSSR count). The molecule has 42 valence electrons. The van der Waals surface area contributed by atoms with Crippen LogP contribution in [0.2, 0.25) is 0 Å². The van der Waals surface area contributed by atoms with Gasteiger partial charge in [0.25, 0.3) is 0 Å². The minimum atomic E-state index is 0. The van der Waals surface area contributed by atoms with Gasteiger partial charge in [-0.2, -0.15) is 0 Å².